The zero-order valence-electron chi connectivity index (χ0n) is 19.7. The minimum Gasteiger partial charge on any atom is -0.423 e. The number of hydrogen-bond donors (Lipinski definition) is 1. The van der Waals surface area contributed by atoms with Gasteiger partial charge in [-0.05, 0) is 70.5 Å². The molecule has 166 valence electrons. The third kappa shape index (κ3) is 5.85. The van der Waals surface area contributed by atoms with Gasteiger partial charge in [0.15, 0.2) is 0 Å². The van der Waals surface area contributed by atoms with Gasteiger partial charge in [-0.1, -0.05) is 65.8 Å². The van der Waals surface area contributed by atoms with Crippen LogP contribution in [0, 0.1) is 0 Å². The molecule has 0 aliphatic rings. The molecule has 3 rings (SSSR count). The van der Waals surface area contributed by atoms with Crippen LogP contribution in [-0.4, -0.2) is 11.9 Å². The van der Waals surface area contributed by atoms with Crippen molar-refractivity contribution in [3.63, 3.8) is 0 Å². The topological polar surface area (TPSA) is 55.4 Å². The fourth-order valence-electron chi connectivity index (χ4n) is 3.17. The van der Waals surface area contributed by atoms with Gasteiger partial charge in [0.05, 0.1) is 5.56 Å². The molecule has 3 aromatic rings. The van der Waals surface area contributed by atoms with Crippen LogP contribution >= 0.6 is 0 Å². The predicted molar refractivity (Wildman–Crippen MR) is 130 cm³/mol. The smallest absolute Gasteiger partial charge is 0.343 e. The van der Waals surface area contributed by atoms with Crippen LogP contribution < -0.4 is 10.1 Å². The normalized spacial score (nSPS) is 11.7. The first-order valence-electron chi connectivity index (χ1n) is 10.8. The number of carbonyl (C=O) groups excluding carboxylic acids is 2. The van der Waals surface area contributed by atoms with E-state index < -0.39 is 5.97 Å². The van der Waals surface area contributed by atoms with Crippen LogP contribution in [0.1, 0.15) is 73.4 Å². The maximum Gasteiger partial charge on any atom is 0.343 e. The van der Waals surface area contributed by atoms with Gasteiger partial charge in [0.2, 0.25) is 0 Å². The van der Waals surface area contributed by atoms with Crippen molar-refractivity contribution in [3.8, 4) is 5.75 Å². The summed E-state index contributed by atoms with van der Waals surface area (Å²) in [5.74, 6) is -0.173. The summed E-state index contributed by atoms with van der Waals surface area (Å²) in [7, 11) is 0. The second-order valence-corrected chi connectivity index (χ2v) is 10.0. The maximum atomic E-state index is 13.0. The van der Waals surface area contributed by atoms with E-state index in [1.54, 1.807) is 48.5 Å². The molecule has 0 bridgehead atoms. The number of esters is 1. The molecular weight excluding hydrogens is 398 g/mol. The van der Waals surface area contributed by atoms with Gasteiger partial charge in [-0.2, -0.15) is 0 Å². The molecule has 0 atom stereocenters. The number of ether oxygens (including phenoxy) is 1. The largest absolute Gasteiger partial charge is 0.423 e. The lowest BCUT2D eigenvalue weighted by atomic mass is 9.79. The first-order chi connectivity index (χ1) is 14.9. The molecule has 0 heterocycles. The van der Waals surface area contributed by atoms with Gasteiger partial charge in [0.1, 0.15) is 5.75 Å². The molecule has 0 unspecified atom stereocenters. The quantitative estimate of drug-likeness (QED) is 0.368. The average Bonchev–Trinajstić information content (AvgIpc) is 2.74. The molecule has 0 spiro atoms. The lowest BCUT2D eigenvalue weighted by Gasteiger charge is -2.26. The third-order valence-electron chi connectivity index (χ3n) is 5.26. The Bertz CT molecular complexity index is 1070. The van der Waals surface area contributed by atoms with E-state index >= 15 is 0 Å². The summed E-state index contributed by atoms with van der Waals surface area (Å²) in [6.45, 7) is 12.9. The van der Waals surface area contributed by atoms with Crippen LogP contribution in [-0.2, 0) is 10.8 Å². The maximum absolute atomic E-state index is 13.0. The molecule has 1 amide bonds. The van der Waals surface area contributed by atoms with Crippen LogP contribution in [0.5, 0.6) is 5.75 Å². The zero-order valence-corrected chi connectivity index (χ0v) is 19.7. The van der Waals surface area contributed by atoms with Crippen LogP contribution in [0.4, 0.5) is 5.69 Å². The van der Waals surface area contributed by atoms with Crippen LogP contribution in [0.25, 0.3) is 0 Å². The van der Waals surface area contributed by atoms with Gasteiger partial charge in [-0.25, -0.2) is 4.79 Å². The molecule has 0 aromatic heterocycles. The van der Waals surface area contributed by atoms with E-state index in [4.69, 9.17) is 4.74 Å². The number of rotatable bonds is 4. The summed E-state index contributed by atoms with van der Waals surface area (Å²) < 4.78 is 5.40. The van der Waals surface area contributed by atoms with Gasteiger partial charge in [-0.3, -0.25) is 4.79 Å². The molecule has 0 fully saturated rings. The van der Waals surface area contributed by atoms with Crippen molar-refractivity contribution < 1.29 is 14.3 Å². The van der Waals surface area contributed by atoms with Crippen LogP contribution in [0.3, 0.4) is 0 Å². The molecule has 32 heavy (non-hydrogen) atoms. The minimum absolute atomic E-state index is 0.0689. The fourth-order valence-corrected chi connectivity index (χ4v) is 3.17. The van der Waals surface area contributed by atoms with Gasteiger partial charge in [0.25, 0.3) is 5.91 Å². The molecular formula is C28H31NO3. The summed E-state index contributed by atoms with van der Waals surface area (Å²) in [6.07, 6.45) is 0. The summed E-state index contributed by atoms with van der Waals surface area (Å²) in [5.41, 5.74) is 3.85. The molecule has 1 N–H and O–H groups in total. The second-order valence-electron chi connectivity index (χ2n) is 10.0. The standard InChI is InChI=1S/C28H31NO3/c1-27(2,3)21-16-20(17-22(18-21)28(4,5)6)25(30)29-23-12-14-24(15-13-23)32-26(31)19-10-8-7-9-11-19/h7-18H,1-6H3,(H,29,30). The molecule has 4 heteroatoms. The number of carbonyl (C=O) groups is 2. The predicted octanol–water partition coefficient (Wildman–Crippen LogP) is 6.75. The van der Waals surface area contributed by atoms with Crippen molar-refractivity contribution >= 4 is 17.6 Å². The first kappa shape index (κ1) is 23.3. The minimum atomic E-state index is -0.420. The lowest BCUT2D eigenvalue weighted by molar-refractivity contribution is 0.0734. The molecule has 0 aliphatic carbocycles. The molecule has 0 aliphatic heterocycles. The van der Waals surface area contributed by atoms with Crippen molar-refractivity contribution in [2.75, 3.05) is 5.32 Å². The van der Waals surface area contributed by atoms with Crippen molar-refractivity contribution in [2.24, 2.45) is 0 Å². The Kier molecular flexibility index (Phi) is 6.54. The summed E-state index contributed by atoms with van der Waals surface area (Å²) in [4.78, 5) is 25.2. The molecule has 4 nitrogen and oxygen atoms in total. The number of benzene rings is 3. The van der Waals surface area contributed by atoms with E-state index in [0.29, 0.717) is 22.6 Å². The monoisotopic (exact) mass is 429 g/mol. The molecule has 3 aromatic carbocycles. The van der Waals surface area contributed by atoms with E-state index in [-0.39, 0.29) is 16.7 Å². The van der Waals surface area contributed by atoms with Gasteiger partial charge < -0.3 is 10.1 Å². The van der Waals surface area contributed by atoms with Crippen LogP contribution in [0.15, 0.2) is 72.8 Å². The second kappa shape index (κ2) is 8.99. The SMILES string of the molecule is CC(C)(C)c1cc(C(=O)Nc2ccc(OC(=O)c3ccccc3)cc2)cc(C(C)(C)C)c1. The van der Waals surface area contributed by atoms with E-state index in [0.717, 1.165) is 11.1 Å². The van der Waals surface area contributed by atoms with Gasteiger partial charge >= 0.3 is 5.97 Å². The van der Waals surface area contributed by atoms with Crippen molar-refractivity contribution in [1.29, 1.82) is 0 Å². The lowest BCUT2D eigenvalue weighted by Crippen LogP contribution is -2.20. The number of amides is 1. The molecule has 0 saturated heterocycles. The Labute approximate surface area is 190 Å². The summed E-state index contributed by atoms with van der Waals surface area (Å²) >= 11 is 0. The van der Waals surface area contributed by atoms with Crippen molar-refractivity contribution in [3.05, 3.63) is 95.1 Å². The summed E-state index contributed by atoms with van der Waals surface area (Å²) in [5, 5.41) is 2.95. The van der Waals surface area contributed by atoms with Crippen molar-refractivity contribution in [2.45, 2.75) is 52.4 Å². The Hall–Kier alpha value is -3.40. The van der Waals surface area contributed by atoms with Crippen molar-refractivity contribution in [1.82, 2.24) is 0 Å². The summed E-state index contributed by atoms with van der Waals surface area (Å²) in [6, 6.07) is 21.7. The van der Waals surface area contributed by atoms with E-state index in [1.807, 2.05) is 18.2 Å². The highest BCUT2D eigenvalue weighted by Crippen LogP contribution is 2.30. The Morgan fingerprint density at radius 1 is 0.688 bits per heavy atom. The van der Waals surface area contributed by atoms with Gasteiger partial charge in [-0.15, -0.1) is 0 Å². The highest BCUT2D eigenvalue weighted by Gasteiger charge is 2.22. The first-order valence-corrected chi connectivity index (χ1v) is 10.8. The number of anilines is 1. The fraction of sp³-hybridized carbons (Fsp3) is 0.286. The highest BCUT2D eigenvalue weighted by molar-refractivity contribution is 6.04. The average molecular weight is 430 g/mol. The Morgan fingerprint density at radius 3 is 1.72 bits per heavy atom. The Balaban J connectivity index is 1.76. The molecule has 0 saturated carbocycles. The molecule has 0 radical (unpaired) electrons. The number of nitrogens with one attached hydrogen (secondary N) is 1. The third-order valence-corrected chi connectivity index (χ3v) is 5.26. The van der Waals surface area contributed by atoms with E-state index in [2.05, 4.69) is 52.9 Å². The van der Waals surface area contributed by atoms with E-state index in [9.17, 15) is 9.59 Å². The Morgan fingerprint density at radius 2 is 1.22 bits per heavy atom. The van der Waals surface area contributed by atoms with Gasteiger partial charge in [0, 0.05) is 11.3 Å². The van der Waals surface area contributed by atoms with Crippen LogP contribution in [0.2, 0.25) is 0 Å². The highest BCUT2D eigenvalue weighted by atomic mass is 16.5. The number of hydrogen-bond acceptors (Lipinski definition) is 3. The van der Waals surface area contributed by atoms with E-state index in [1.165, 1.54) is 0 Å². The zero-order chi connectivity index (χ0) is 23.5.